The molecule has 1 heterocycles. The molecule has 1 N–H and O–H groups in total. The van der Waals surface area contributed by atoms with Crippen molar-refractivity contribution in [1.29, 1.82) is 5.26 Å². The van der Waals surface area contributed by atoms with Crippen molar-refractivity contribution in [2.24, 2.45) is 5.41 Å². The van der Waals surface area contributed by atoms with Gasteiger partial charge in [-0.05, 0) is 33.7 Å². The van der Waals surface area contributed by atoms with Crippen molar-refractivity contribution in [3.63, 3.8) is 0 Å². The van der Waals surface area contributed by atoms with Crippen molar-refractivity contribution < 1.29 is 5.11 Å². The molecule has 0 aromatic heterocycles. The van der Waals surface area contributed by atoms with Gasteiger partial charge in [-0.3, -0.25) is 0 Å². The molecule has 0 aromatic carbocycles. The fraction of sp³-hybridized carbons (Fsp3) is 0.900. The van der Waals surface area contributed by atoms with Crippen LogP contribution in [0.3, 0.4) is 0 Å². The van der Waals surface area contributed by atoms with Crippen LogP contribution in [0, 0.1) is 16.7 Å². The summed E-state index contributed by atoms with van der Waals surface area (Å²) >= 11 is 0. The largest absolute Gasteiger partial charge is 0.388 e. The van der Waals surface area contributed by atoms with Crippen LogP contribution in [-0.4, -0.2) is 35.7 Å². The van der Waals surface area contributed by atoms with Gasteiger partial charge in [-0.15, -0.1) is 0 Å². The number of likely N-dealkylation sites (tertiary alicyclic amines) is 1. The Hall–Kier alpha value is -0.590. The smallest absolute Gasteiger partial charge is 0.0852 e. The van der Waals surface area contributed by atoms with Gasteiger partial charge in [0.15, 0.2) is 0 Å². The number of nitriles is 1. The zero-order valence-electron chi connectivity index (χ0n) is 8.67. The summed E-state index contributed by atoms with van der Waals surface area (Å²) < 4.78 is 0. The SMILES string of the molecule is CN1CCC(O)(C(C)(C)C#N)CC1. The van der Waals surface area contributed by atoms with E-state index in [-0.39, 0.29) is 0 Å². The zero-order valence-corrected chi connectivity index (χ0v) is 8.67. The van der Waals surface area contributed by atoms with E-state index in [0.29, 0.717) is 12.8 Å². The van der Waals surface area contributed by atoms with Crippen molar-refractivity contribution in [2.45, 2.75) is 32.3 Å². The van der Waals surface area contributed by atoms with Gasteiger partial charge in [0.1, 0.15) is 0 Å². The highest BCUT2D eigenvalue weighted by atomic mass is 16.3. The van der Waals surface area contributed by atoms with Gasteiger partial charge in [0, 0.05) is 13.1 Å². The summed E-state index contributed by atoms with van der Waals surface area (Å²) in [6, 6.07) is 2.20. The fourth-order valence-electron chi connectivity index (χ4n) is 1.72. The molecule has 74 valence electrons. The third-order valence-corrected chi connectivity index (χ3v) is 3.26. The second-order valence-corrected chi connectivity index (χ2v) is 4.57. The molecule has 1 aliphatic heterocycles. The zero-order chi connectivity index (χ0) is 10.1. The molecule has 0 saturated carbocycles. The molecule has 0 atom stereocenters. The first-order valence-corrected chi connectivity index (χ1v) is 4.73. The number of piperidine rings is 1. The molecular formula is C10H18N2O. The van der Waals surface area contributed by atoms with Crippen molar-refractivity contribution in [1.82, 2.24) is 4.90 Å². The van der Waals surface area contributed by atoms with E-state index in [2.05, 4.69) is 11.0 Å². The van der Waals surface area contributed by atoms with Crippen LogP contribution >= 0.6 is 0 Å². The summed E-state index contributed by atoms with van der Waals surface area (Å²) in [5, 5.41) is 19.2. The lowest BCUT2D eigenvalue weighted by molar-refractivity contribution is -0.0799. The molecule has 0 amide bonds. The maximum Gasteiger partial charge on any atom is 0.0852 e. The molecule has 1 saturated heterocycles. The maximum absolute atomic E-state index is 10.3. The number of aliphatic hydroxyl groups is 1. The monoisotopic (exact) mass is 182 g/mol. The molecule has 1 fully saturated rings. The van der Waals surface area contributed by atoms with Crippen LogP contribution in [0.5, 0.6) is 0 Å². The summed E-state index contributed by atoms with van der Waals surface area (Å²) in [4.78, 5) is 2.18. The molecule has 13 heavy (non-hydrogen) atoms. The van der Waals surface area contributed by atoms with Crippen molar-refractivity contribution >= 4 is 0 Å². The van der Waals surface area contributed by atoms with Gasteiger partial charge in [-0.25, -0.2) is 0 Å². The average molecular weight is 182 g/mol. The molecule has 0 bridgehead atoms. The average Bonchev–Trinajstić information content (AvgIpc) is 2.10. The number of hydrogen-bond donors (Lipinski definition) is 1. The lowest BCUT2D eigenvalue weighted by atomic mass is 9.70. The summed E-state index contributed by atoms with van der Waals surface area (Å²) in [7, 11) is 2.04. The number of hydrogen-bond acceptors (Lipinski definition) is 3. The Morgan fingerprint density at radius 2 is 1.85 bits per heavy atom. The predicted molar refractivity (Wildman–Crippen MR) is 51.1 cm³/mol. The Labute approximate surface area is 80.0 Å². The lowest BCUT2D eigenvalue weighted by Crippen LogP contribution is -2.51. The molecule has 0 aromatic rings. The number of rotatable bonds is 1. The first-order valence-electron chi connectivity index (χ1n) is 4.73. The molecule has 0 spiro atoms. The highest BCUT2D eigenvalue weighted by Crippen LogP contribution is 2.38. The Bertz CT molecular complexity index is 222. The van der Waals surface area contributed by atoms with Gasteiger partial charge < -0.3 is 10.0 Å². The van der Waals surface area contributed by atoms with E-state index in [9.17, 15) is 5.11 Å². The van der Waals surface area contributed by atoms with Gasteiger partial charge in [0.2, 0.25) is 0 Å². The van der Waals surface area contributed by atoms with E-state index in [1.807, 2.05) is 20.9 Å². The van der Waals surface area contributed by atoms with E-state index >= 15 is 0 Å². The molecule has 0 aliphatic carbocycles. The second kappa shape index (κ2) is 3.28. The van der Waals surface area contributed by atoms with E-state index < -0.39 is 11.0 Å². The molecule has 3 heteroatoms. The highest BCUT2D eigenvalue weighted by Gasteiger charge is 2.45. The first kappa shape index (κ1) is 10.5. The van der Waals surface area contributed by atoms with E-state index in [1.54, 1.807) is 0 Å². The minimum absolute atomic E-state index is 0.631. The Morgan fingerprint density at radius 1 is 1.38 bits per heavy atom. The van der Waals surface area contributed by atoms with Crippen LogP contribution in [0.2, 0.25) is 0 Å². The third-order valence-electron chi connectivity index (χ3n) is 3.26. The lowest BCUT2D eigenvalue weighted by Gasteiger charge is -2.43. The Kier molecular flexibility index (Phi) is 2.65. The van der Waals surface area contributed by atoms with Gasteiger partial charge in [0.05, 0.1) is 17.1 Å². The Morgan fingerprint density at radius 3 is 2.23 bits per heavy atom. The van der Waals surface area contributed by atoms with E-state index in [4.69, 9.17) is 5.26 Å². The minimum atomic E-state index is -0.797. The topological polar surface area (TPSA) is 47.3 Å². The Balaban J connectivity index is 2.74. The van der Waals surface area contributed by atoms with Crippen molar-refractivity contribution in [2.75, 3.05) is 20.1 Å². The van der Waals surface area contributed by atoms with Gasteiger partial charge in [0.25, 0.3) is 0 Å². The first-order chi connectivity index (χ1) is 5.91. The van der Waals surface area contributed by atoms with Crippen LogP contribution in [0.15, 0.2) is 0 Å². The molecule has 1 aliphatic rings. The molecule has 0 unspecified atom stereocenters. The molecular weight excluding hydrogens is 164 g/mol. The summed E-state index contributed by atoms with van der Waals surface area (Å²) in [5.74, 6) is 0. The van der Waals surface area contributed by atoms with Gasteiger partial charge in [-0.1, -0.05) is 0 Å². The minimum Gasteiger partial charge on any atom is -0.388 e. The van der Waals surface area contributed by atoms with Gasteiger partial charge >= 0.3 is 0 Å². The van der Waals surface area contributed by atoms with Crippen LogP contribution in [-0.2, 0) is 0 Å². The van der Waals surface area contributed by atoms with E-state index in [0.717, 1.165) is 13.1 Å². The standard InChI is InChI=1S/C10H18N2O/c1-9(2,8-11)10(13)4-6-12(3)7-5-10/h13H,4-7H2,1-3H3. The van der Waals surface area contributed by atoms with Crippen LogP contribution in [0.1, 0.15) is 26.7 Å². The number of nitrogens with zero attached hydrogens (tertiary/aromatic N) is 2. The van der Waals surface area contributed by atoms with Crippen molar-refractivity contribution in [3.8, 4) is 6.07 Å². The van der Waals surface area contributed by atoms with Crippen LogP contribution in [0.25, 0.3) is 0 Å². The summed E-state index contributed by atoms with van der Waals surface area (Å²) in [6.07, 6.45) is 1.40. The van der Waals surface area contributed by atoms with Crippen LogP contribution in [0.4, 0.5) is 0 Å². The molecule has 3 nitrogen and oxygen atoms in total. The van der Waals surface area contributed by atoms with Gasteiger partial charge in [-0.2, -0.15) is 5.26 Å². The quantitative estimate of drug-likeness (QED) is 0.658. The normalized spacial score (nSPS) is 23.9. The maximum atomic E-state index is 10.3. The molecule has 0 radical (unpaired) electrons. The van der Waals surface area contributed by atoms with Crippen molar-refractivity contribution in [3.05, 3.63) is 0 Å². The predicted octanol–water partition coefficient (Wildman–Crippen LogP) is 0.993. The second-order valence-electron chi connectivity index (χ2n) is 4.57. The highest BCUT2D eigenvalue weighted by molar-refractivity contribution is 5.08. The summed E-state index contributed by atoms with van der Waals surface area (Å²) in [5.41, 5.74) is -1.43. The fourth-order valence-corrected chi connectivity index (χ4v) is 1.72. The van der Waals surface area contributed by atoms with E-state index in [1.165, 1.54) is 0 Å². The summed E-state index contributed by atoms with van der Waals surface area (Å²) in [6.45, 7) is 5.39. The molecule has 1 rings (SSSR count). The van der Waals surface area contributed by atoms with Crippen LogP contribution < -0.4 is 0 Å². The third kappa shape index (κ3) is 1.84.